The van der Waals surface area contributed by atoms with Crippen LogP contribution in [0.2, 0.25) is 0 Å². The molecule has 0 aromatic heterocycles. The van der Waals surface area contributed by atoms with Crippen molar-refractivity contribution in [2.45, 2.75) is 46.5 Å². The lowest BCUT2D eigenvalue weighted by atomic mass is 9.87. The highest BCUT2D eigenvalue weighted by molar-refractivity contribution is 5.95. The fourth-order valence-corrected chi connectivity index (χ4v) is 2.16. The summed E-state index contributed by atoms with van der Waals surface area (Å²) in [6.45, 7) is 5.06. The first-order valence-electron chi connectivity index (χ1n) is 7.42. The van der Waals surface area contributed by atoms with Gasteiger partial charge in [0.1, 0.15) is 0 Å². The molecule has 0 bridgehead atoms. The summed E-state index contributed by atoms with van der Waals surface area (Å²) in [5.74, 6) is -3.38. The first kappa shape index (κ1) is 19.3. The van der Waals surface area contributed by atoms with E-state index in [1.807, 2.05) is 6.92 Å². The molecule has 0 amide bonds. The van der Waals surface area contributed by atoms with Crippen molar-refractivity contribution in [2.24, 2.45) is 11.8 Å². The van der Waals surface area contributed by atoms with Crippen LogP contribution in [0.4, 0.5) is 0 Å². The zero-order valence-electron chi connectivity index (χ0n) is 13.0. The van der Waals surface area contributed by atoms with Crippen LogP contribution in [0.5, 0.6) is 0 Å². The Kier molecular flexibility index (Phi) is 10.2. The number of rotatable bonds is 11. The summed E-state index contributed by atoms with van der Waals surface area (Å²) in [5, 5.41) is 10.8. The number of unbranched alkanes of at least 4 members (excludes halogenated alkanes) is 2. The molecule has 0 saturated heterocycles. The van der Waals surface area contributed by atoms with Crippen molar-refractivity contribution in [1.29, 1.82) is 0 Å². The number of carbonyl (C=O) groups is 2. The molecule has 1 atom stereocenters. The maximum absolute atomic E-state index is 12.0. The van der Waals surface area contributed by atoms with E-state index in [-0.39, 0.29) is 13.2 Å². The summed E-state index contributed by atoms with van der Waals surface area (Å²) in [4.78, 5) is 34.3. The number of carbonyl (C=O) groups excluding carboxylic acids is 2. The smallest absolute Gasteiger partial charge is 0.320 e. The highest BCUT2D eigenvalue weighted by Gasteiger charge is 2.39. The number of esters is 2. The number of ether oxygens (including phenoxy) is 2. The van der Waals surface area contributed by atoms with Crippen LogP contribution in [0.25, 0.3) is 0 Å². The standard InChI is InChI=1S/C14H25NO6/c1-4-7-8-9-11(10-15(18)19)12(13(16)20-5-2)14(17)21-6-3/h11-12H,4-10H2,1-3H3. The number of hydrogen-bond acceptors (Lipinski definition) is 6. The molecule has 7 heteroatoms. The summed E-state index contributed by atoms with van der Waals surface area (Å²) < 4.78 is 9.76. The first-order valence-corrected chi connectivity index (χ1v) is 7.42. The Morgan fingerprint density at radius 1 is 1.05 bits per heavy atom. The second kappa shape index (κ2) is 11.0. The van der Waals surface area contributed by atoms with Gasteiger partial charge in [0, 0.05) is 10.8 Å². The summed E-state index contributed by atoms with van der Waals surface area (Å²) in [7, 11) is 0. The first-order chi connectivity index (χ1) is 9.97. The molecule has 0 spiro atoms. The van der Waals surface area contributed by atoms with Crippen molar-refractivity contribution in [1.82, 2.24) is 0 Å². The van der Waals surface area contributed by atoms with Gasteiger partial charge in [-0.25, -0.2) is 0 Å². The molecule has 0 saturated carbocycles. The lowest BCUT2D eigenvalue weighted by Gasteiger charge is -2.21. The van der Waals surface area contributed by atoms with E-state index in [9.17, 15) is 19.7 Å². The number of nitrogens with zero attached hydrogens (tertiary/aromatic N) is 1. The lowest BCUT2D eigenvalue weighted by Crippen LogP contribution is -2.37. The van der Waals surface area contributed by atoms with E-state index in [0.717, 1.165) is 19.3 Å². The van der Waals surface area contributed by atoms with Crippen molar-refractivity contribution in [3.8, 4) is 0 Å². The molecule has 0 N–H and O–H groups in total. The van der Waals surface area contributed by atoms with E-state index in [0.29, 0.717) is 6.42 Å². The maximum Gasteiger partial charge on any atom is 0.320 e. The molecule has 0 radical (unpaired) electrons. The van der Waals surface area contributed by atoms with E-state index in [4.69, 9.17) is 9.47 Å². The van der Waals surface area contributed by atoms with Gasteiger partial charge < -0.3 is 9.47 Å². The Morgan fingerprint density at radius 2 is 1.57 bits per heavy atom. The zero-order valence-corrected chi connectivity index (χ0v) is 13.0. The third-order valence-corrected chi connectivity index (χ3v) is 3.11. The minimum absolute atomic E-state index is 0.120. The second-order valence-corrected chi connectivity index (χ2v) is 4.75. The molecule has 0 aliphatic rings. The normalized spacial score (nSPS) is 12.0. The quantitative estimate of drug-likeness (QED) is 0.191. The Balaban J connectivity index is 5.07. The fourth-order valence-electron chi connectivity index (χ4n) is 2.16. The number of hydrogen-bond donors (Lipinski definition) is 0. The van der Waals surface area contributed by atoms with E-state index in [2.05, 4.69) is 0 Å². The predicted molar refractivity (Wildman–Crippen MR) is 76.2 cm³/mol. The highest BCUT2D eigenvalue weighted by atomic mass is 16.6. The van der Waals surface area contributed by atoms with Crippen molar-refractivity contribution >= 4 is 11.9 Å². The monoisotopic (exact) mass is 303 g/mol. The van der Waals surface area contributed by atoms with Gasteiger partial charge in [-0.3, -0.25) is 19.7 Å². The predicted octanol–water partition coefficient (Wildman–Crippen LogP) is 2.20. The van der Waals surface area contributed by atoms with Crippen molar-refractivity contribution < 1.29 is 24.0 Å². The van der Waals surface area contributed by atoms with Crippen LogP contribution in [-0.4, -0.2) is 36.6 Å². The van der Waals surface area contributed by atoms with Gasteiger partial charge in [0.15, 0.2) is 5.92 Å². The van der Waals surface area contributed by atoms with E-state index >= 15 is 0 Å². The van der Waals surface area contributed by atoms with Gasteiger partial charge >= 0.3 is 11.9 Å². The summed E-state index contributed by atoms with van der Waals surface area (Å²) >= 11 is 0. The third kappa shape index (κ3) is 7.63. The molecule has 7 nitrogen and oxygen atoms in total. The molecule has 0 aromatic carbocycles. The molecular weight excluding hydrogens is 278 g/mol. The van der Waals surface area contributed by atoms with Gasteiger partial charge in [0.25, 0.3) is 0 Å². The zero-order chi connectivity index (χ0) is 16.3. The van der Waals surface area contributed by atoms with Crippen LogP contribution in [0.1, 0.15) is 46.5 Å². The molecule has 21 heavy (non-hydrogen) atoms. The molecule has 0 fully saturated rings. The van der Waals surface area contributed by atoms with Crippen LogP contribution >= 0.6 is 0 Å². The maximum atomic E-state index is 12.0. The highest BCUT2D eigenvalue weighted by Crippen LogP contribution is 2.23. The largest absolute Gasteiger partial charge is 0.465 e. The van der Waals surface area contributed by atoms with Crippen molar-refractivity contribution in [2.75, 3.05) is 19.8 Å². The van der Waals surface area contributed by atoms with Crippen LogP contribution in [0.15, 0.2) is 0 Å². The van der Waals surface area contributed by atoms with Gasteiger partial charge in [-0.15, -0.1) is 0 Å². The molecule has 0 aromatic rings. The molecule has 1 unspecified atom stereocenters. The molecule has 122 valence electrons. The van der Waals surface area contributed by atoms with Gasteiger partial charge in [0.2, 0.25) is 6.54 Å². The van der Waals surface area contributed by atoms with E-state index in [1.54, 1.807) is 13.8 Å². The lowest BCUT2D eigenvalue weighted by molar-refractivity contribution is -0.489. The summed E-state index contributed by atoms with van der Waals surface area (Å²) in [6, 6.07) is 0. The van der Waals surface area contributed by atoms with Gasteiger partial charge in [0.05, 0.1) is 13.2 Å². The average molecular weight is 303 g/mol. The third-order valence-electron chi connectivity index (χ3n) is 3.11. The average Bonchev–Trinajstić information content (AvgIpc) is 2.39. The van der Waals surface area contributed by atoms with Gasteiger partial charge in [-0.05, 0) is 20.3 Å². The van der Waals surface area contributed by atoms with Gasteiger partial charge in [-0.2, -0.15) is 0 Å². The molecule has 0 aliphatic heterocycles. The SMILES string of the molecule is CCCCCC(C[N+](=O)[O-])C(C(=O)OCC)C(=O)OCC. The molecule has 0 heterocycles. The Labute approximate surface area is 125 Å². The van der Waals surface area contributed by atoms with Crippen molar-refractivity contribution in [3.63, 3.8) is 0 Å². The minimum Gasteiger partial charge on any atom is -0.465 e. The Bertz CT molecular complexity index is 326. The van der Waals surface area contributed by atoms with Gasteiger partial charge in [-0.1, -0.05) is 26.2 Å². The summed E-state index contributed by atoms with van der Waals surface area (Å²) in [5.41, 5.74) is 0. The summed E-state index contributed by atoms with van der Waals surface area (Å²) in [6.07, 6.45) is 3.00. The van der Waals surface area contributed by atoms with Crippen LogP contribution in [-0.2, 0) is 19.1 Å². The van der Waals surface area contributed by atoms with E-state index in [1.165, 1.54) is 0 Å². The molecular formula is C14H25NO6. The Hall–Kier alpha value is -1.66. The van der Waals surface area contributed by atoms with Crippen LogP contribution in [0, 0.1) is 22.0 Å². The van der Waals surface area contributed by atoms with Crippen molar-refractivity contribution in [3.05, 3.63) is 10.1 Å². The van der Waals surface area contributed by atoms with Crippen LogP contribution < -0.4 is 0 Å². The molecule has 0 aliphatic carbocycles. The fraction of sp³-hybridized carbons (Fsp3) is 0.857. The van der Waals surface area contributed by atoms with Crippen LogP contribution in [0.3, 0.4) is 0 Å². The minimum atomic E-state index is -1.22. The molecule has 0 rings (SSSR count). The topological polar surface area (TPSA) is 95.7 Å². The Morgan fingerprint density at radius 3 is 1.95 bits per heavy atom. The number of nitro groups is 1. The van der Waals surface area contributed by atoms with E-state index < -0.39 is 35.2 Å². The second-order valence-electron chi connectivity index (χ2n) is 4.75.